The van der Waals surface area contributed by atoms with Gasteiger partial charge in [-0.3, -0.25) is 0 Å². The quantitative estimate of drug-likeness (QED) is 0.123. The molecule has 0 aromatic rings. The van der Waals surface area contributed by atoms with Gasteiger partial charge < -0.3 is 69.3 Å². The zero-order valence-electron chi connectivity index (χ0n) is 34.8. The van der Waals surface area contributed by atoms with Crippen LogP contribution in [0.15, 0.2) is 11.6 Å². The van der Waals surface area contributed by atoms with Crippen LogP contribution in [0.2, 0.25) is 0 Å². The van der Waals surface area contributed by atoms with Gasteiger partial charge in [-0.25, -0.2) is 0 Å². The number of fused-ring (bicyclic) bond motifs is 2. The molecule has 326 valence electrons. The SMILES string of the molecule is CO[C@H]1O[C@H](C=C(C)C)[C@@H](O)[C@@H]1[C@H]1CC[C@@]2(C)[C@@H]3CC[C@@H]4[C@@](C)(CO)[C@@H](O[C@H]5O[C@@H](CO[C@H]6O[C@@H](C)[C@H](O)[C@@H](O)[C@@H]6O)[C@H](O)[C@@H](O)[C@@H]5O)CC[C@@]45C[C@@]35CC[C@]12C. The van der Waals surface area contributed by atoms with Crippen molar-refractivity contribution in [2.45, 2.75) is 185 Å². The van der Waals surface area contributed by atoms with E-state index in [0.29, 0.717) is 12.3 Å². The monoisotopic (exact) mass is 810 g/mol. The van der Waals surface area contributed by atoms with Crippen LogP contribution in [0, 0.1) is 50.7 Å². The lowest BCUT2D eigenvalue weighted by Gasteiger charge is -2.64. The minimum Gasteiger partial charge on any atom is -0.396 e. The van der Waals surface area contributed by atoms with E-state index in [1.54, 1.807) is 7.11 Å². The van der Waals surface area contributed by atoms with Gasteiger partial charge >= 0.3 is 0 Å². The first kappa shape index (κ1) is 42.9. The van der Waals surface area contributed by atoms with Crippen molar-refractivity contribution in [3.8, 4) is 0 Å². The zero-order chi connectivity index (χ0) is 41.2. The molecule has 3 aliphatic heterocycles. The van der Waals surface area contributed by atoms with Crippen molar-refractivity contribution in [3.63, 3.8) is 0 Å². The van der Waals surface area contributed by atoms with Gasteiger partial charge in [-0.15, -0.1) is 0 Å². The summed E-state index contributed by atoms with van der Waals surface area (Å²) in [5.74, 6) is 0.849. The highest BCUT2D eigenvalue weighted by molar-refractivity contribution is 5.31. The van der Waals surface area contributed by atoms with E-state index >= 15 is 0 Å². The summed E-state index contributed by atoms with van der Waals surface area (Å²) in [7, 11) is 1.69. The molecule has 0 amide bonds. The lowest BCUT2D eigenvalue weighted by Crippen LogP contribution is -2.63. The summed E-state index contributed by atoms with van der Waals surface area (Å²) in [5, 5.41) is 86.6. The van der Waals surface area contributed by atoms with Crippen molar-refractivity contribution in [1.29, 1.82) is 0 Å². The second kappa shape index (κ2) is 14.9. The second-order valence-electron chi connectivity index (χ2n) is 20.5. The van der Waals surface area contributed by atoms with Crippen molar-refractivity contribution in [2.24, 2.45) is 50.7 Å². The maximum Gasteiger partial charge on any atom is 0.186 e. The van der Waals surface area contributed by atoms with Gasteiger partial charge in [0, 0.05) is 18.4 Å². The van der Waals surface area contributed by atoms with Crippen LogP contribution >= 0.6 is 0 Å². The number of hydrogen-bond donors (Lipinski definition) is 8. The van der Waals surface area contributed by atoms with Gasteiger partial charge in [0.15, 0.2) is 18.9 Å². The number of rotatable bonds is 9. The molecule has 5 aliphatic carbocycles. The molecule has 8 fully saturated rings. The molecule has 0 aromatic heterocycles. The average Bonchev–Trinajstić information content (AvgIpc) is 3.64. The average molecular weight is 811 g/mol. The molecule has 0 aromatic carbocycles. The molecular weight excluding hydrogens is 740 g/mol. The second-order valence-corrected chi connectivity index (χ2v) is 20.5. The Hall–Kier alpha value is -0.820. The molecule has 8 aliphatic rings. The topological polar surface area (TPSA) is 217 Å². The fourth-order valence-electron chi connectivity index (χ4n) is 14.7. The van der Waals surface area contributed by atoms with E-state index in [9.17, 15) is 40.9 Å². The van der Waals surface area contributed by atoms with E-state index in [2.05, 4.69) is 20.8 Å². The Morgan fingerprint density at radius 2 is 1.35 bits per heavy atom. The molecule has 14 heteroatoms. The van der Waals surface area contributed by atoms with E-state index < -0.39 is 85.3 Å². The number of aliphatic hydroxyl groups is 8. The fourth-order valence-corrected chi connectivity index (χ4v) is 14.7. The standard InChI is InChI=1S/C43H70O14/c1-20(2)16-23-30(46)28(36(52-7)55-23)22-10-12-41(6)26-9-8-25-39(4,19-44)27(11-13-42(25)18-43(26,42)15-14-40(22,41)5)57-38-35(51)33(49)31(47)24(56-38)17-53-37-34(50)32(48)29(45)21(3)54-37/h16,21-38,44-51H,8-15,17-19H2,1-7H3/t21-,22+,23+,24-,25+,26-,27-,28-,29-,30+,31-,32+,33+,34-,35-,36-,37-,38+,39+,40+,41-,42+,43-/m0/s1. The molecule has 0 radical (unpaired) electrons. The Bertz CT molecular complexity index is 1510. The largest absolute Gasteiger partial charge is 0.396 e. The summed E-state index contributed by atoms with van der Waals surface area (Å²) < 4.78 is 36.1. The van der Waals surface area contributed by atoms with Crippen LogP contribution in [0.3, 0.4) is 0 Å². The Balaban J connectivity index is 0.972. The third-order valence-corrected chi connectivity index (χ3v) is 18.0. The molecule has 57 heavy (non-hydrogen) atoms. The smallest absolute Gasteiger partial charge is 0.186 e. The minimum absolute atomic E-state index is 0.00635. The highest BCUT2D eigenvalue weighted by atomic mass is 16.7. The lowest BCUT2D eigenvalue weighted by molar-refractivity contribution is -0.343. The Morgan fingerprint density at radius 1 is 0.684 bits per heavy atom. The maximum absolute atomic E-state index is 11.7. The van der Waals surface area contributed by atoms with E-state index in [4.69, 9.17) is 28.4 Å². The van der Waals surface area contributed by atoms with E-state index in [0.717, 1.165) is 56.9 Å². The highest BCUT2D eigenvalue weighted by Crippen LogP contribution is 2.89. The summed E-state index contributed by atoms with van der Waals surface area (Å²) in [4.78, 5) is 0. The minimum atomic E-state index is -1.62. The van der Waals surface area contributed by atoms with Crippen LogP contribution in [0.25, 0.3) is 0 Å². The third-order valence-electron chi connectivity index (χ3n) is 18.0. The first-order chi connectivity index (χ1) is 26.8. The molecule has 5 saturated carbocycles. The summed E-state index contributed by atoms with van der Waals surface area (Å²) in [6.45, 7) is 12.2. The molecule has 14 nitrogen and oxygen atoms in total. The third kappa shape index (κ3) is 6.16. The van der Waals surface area contributed by atoms with Crippen molar-refractivity contribution >= 4 is 0 Å². The molecule has 23 atom stereocenters. The molecular formula is C43H70O14. The molecule has 2 spiro atoms. The van der Waals surface area contributed by atoms with Crippen molar-refractivity contribution in [3.05, 3.63) is 11.6 Å². The molecule has 3 saturated heterocycles. The van der Waals surface area contributed by atoms with Crippen LogP contribution in [-0.2, 0) is 28.4 Å². The van der Waals surface area contributed by atoms with E-state index in [1.165, 1.54) is 6.92 Å². The van der Waals surface area contributed by atoms with Gasteiger partial charge in [0.2, 0.25) is 0 Å². The van der Waals surface area contributed by atoms with Gasteiger partial charge in [-0.1, -0.05) is 32.4 Å². The normalized spacial score (nSPS) is 58.3. The fraction of sp³-hybridized carbons (Fsp3) is 0.953. The predicted octanol–water partition coefficient (Wildman–Crippen LogP) is 1.75. The molecule has 8 N–H and O–H groups in total. The van der Waals surface area contributed by atoms with Gasteiger partial charge in [-0.2, -0.15) is 0 Å². The molecule has 3 heterocycles. The summed E-state index contributed by atoms with van der Waals surface area (Å²) in [6, 6.07) is 0. The Kier molecular flexibility index (Phi) is 11.2. The van der Waals surface area contributed by atoms with Crippen LogP contribution < -0.4 is 0 Å². The van der Waals surface area contributed by atoms with Crippen molar-refractivity contribution in [2.75, 3.05) is 20.3 Å². The van der Waals surface area contributed by atoms with Crippen molar-refractivity contribution in [1.82, 2.24) is 0 Å². The van der Waals surface area contributed by atoms with Crippen molar-refractivity contribution < 1.29 is 69.3 Å². The summed E-state index contributed by atoms with van der Waals surface area (Å²) in [6.07, 6.45) is -4.77. The van der Waals surface area contributed by atoms with Gasteiger partial charge in [-0.05, 0) is 118 Å². The number of methoxy groups -OCH3 is 1. The summed E-state index contributed by atoms with van der Waals surface area (Å²) in [5.41, 5.74) is 0.750. The van der Waals surface area contributed by atoms with Gasteiger partial charge in [0.05, 0.1) is 31.5 Å². The molecule has 8 rings (SSSR count). The maximum atomic E-state index is 11.7. The number of hydrogen-bond acceptors (Lipinski definition) is 14. The zero-order valence-corrected chi connectivity index (χ0v) is 34.8. The highest BCUT2D eigenvalue weighted by Gasteiger charge is 2.83. The molecule has 0 bridgehead atoms. The lowest BCUT2D eigenvalue weighted by atomic mass is 9.41. The predicted molar refractivity (Wildman–Crippen MR) is 203 cm³/mol. The Labute approximate surface area is 336 Å². The van der Waals surface area contributed by atoms with E-state index in [-0.39, 0.29) is 58.7 Å². The number of allylic oxidation sites excluding steroid dienone is 1. The van der Waals surface area contributed by atoms with E-state index in [1.807, 2.05) is 19.9 Å². The Morgan fingerprint density at radius 3 is 2.04 bits per heavy atom. The molecule has 0 unspecified atom stereocenters. The number of ether oxygens (including phenoxy) is 6. The van der Waals surface area contributed by atoms with Crippen LogP contribution in [0.1, 0.15) is 99.3 Å². The first-order valence-electron chi connectivity index (χ1n) is 21.6. The van der Waals surface area contributed by atoms with Crippen LogP contribution in [-0.4, -0.2) is 147 Å². The van der Waals surface area contributed by atoms with Gasteiger partial charge in [0.25, 0.3) is 0 Å². The van der Waals surface area contributed by atoms with Crippen LogP contribution in [0.4, 0.5) is 0 Å². The van der Waals surface area contributed by atoms with Crippen LogP contribution in [0.5, 0.6) is 0 Å². The number of aliphatic hydroxyl groups excluding tert-OH is 8. The summed E-state index contributed by atoms with van der Waals surface area (Å²) >= 11 is 0. The first-order valence-corrected chi connectivity index (χ1v) is 21.6. The van der Waals surface area contributed by atoms with Gasteiger partial charge in [0.1, 0.15) is 48.8 Å².